The van der Waals surface area contributed by atoms with E-state index >= 15 is 0 Å². The zero-order valence-corrected chi connectivity index (χ0v) is 18.1. The summed E-state index contributed by atoms with van der Waals surface area (Å²) in [7, 11) is 0. The Morgan fingerprint density at radius 2 is 1.32 bits per heavy atom. The maximum absolute atomic E-state index is 2.45. The van der Waals surface area contributed by atoms with Crippen LogP contribution in [0.25, 0.3) is 28.1 Å². The number of pyridine rings is 1. The summed E-state index contributed by atoms with van der Waals surface area (Å²) in [5.41, 5.74) is 8.97. The van der Waals surface area contributed by atoms with Gasteiger partial charge in [0, 0.05) is 32.9 Å². The highest BCUT2D eigenvalue weighted by Crippen LogP contribution is 2.41. The molecule has 0 fully saturated rings. The fourth-order valence-corrected chi connectivity index (χ4v) is 4.77. The lowest BCUT2D eigenvalue weighted by atomic mass is 9.82. The summed E-state index contributed by atoms with van der Waals surface area (Å²) < 4.78 is 3.73. The van der Waals surface area contributed by atoms with Gasteiger partial charge in [-0.3, -0.25) is 0 Å². The van der Waals surface area contributed by atoms with Crippen molar-refractivity contribution in [2.75, 3.05) is 0 Å². The minimum atomic E-state index is -0.0508. The van der Waals surface area contributed by atoms with Gasteiger partial charge in [-0.1, -0.05) is 48.5 Å². The van der Waals surface area contributed by atoms with Crippen molar-refractivity contribution in [2.24, 2.45) is 0 Å². The molecule has 3 aromatic carbocycles. The molecule has 2 heteroatoms. The van der Waals surface area contributed by atoms with Crippen molar-refractivity contribution in [1.29, 1.82) is 0 Å². The summed E-state index contributed by atoms with van der Waals surface area (Å²) in [6.45, 7) is 4.68. The lowest BCUT2D eigenvalue weighted by Crippen LogP contribution is -2.37. The molecule has 0 unspecified atom stereocenters. The van der Waals surface area contributed by atoms with Crippen molar-refractivity contribution in [3.63, 3.8) is 0 Å². The van der Waals surface area contributed by atoms with Crippen LogP contribution in [0.15, 0.2) is 91.0 Å². The third-order valence-corrected chi connectivity index (χ3v) is 6.43. The normalized spacial score (nSPS) is 13.8. The molecule has 1 nitrogen and oxygen atoms in total. The van der Waals surface area contributed by atoms with Crippen LogP contribution in [-0.2, 0) is 5.41 Å². The van der Waals surface area contributed by atoms with Crippen molar-refractivity contribution >= 4 is 22.6 Å². The number of benzene rings is 3. The summed E-state index contributed by atoms with van der Waals surface area (Å²) in [4.78, 5) is 0. The second-order valence-electron chi connectivity index (χ2n) is 7.87. The van der Waals surface area contributed by atoms with E-state index in [9.17, 15) is 0 Å². The molecule has 1 aliphatic rings. The number of rotatable bonds is 2. The highest BCUT2D eigenvalue weighted by Gasteiger charge is 2.45. The van der Waals surface area contributed by atoms with E-state index in [0.717, 1.165) is 0 Å². The van der Waals surface area contributed by atoms with Crippen molar-refractivity contribution in [3.05, 3.63) is 106 Å². The highest BCUT2D eigenvalue weighted by atomic mass is 127. The first-order chi connectivity index (χ1) is 13.6. The lowest BCUT2D eigenvalue weighted by Gasteiger charge is -2.16. The predicted octanol–water partition coefficient (Wildman–Crippen LogP) is 6.54. The van der Waals surface area contributed by atoms with Gasteiger partial charge >= 0.3 is 0 Å². The van der Waals surface area contributed by atoms with Gasteiger partial charge < -0.3 is 0 Å². The van der Waals surface area contributed by atoms with E-state index in [-0.39, 0.29) is 5.41 Å². The maximum Gasteiger partial charge on any atom is 0.219 e. The van der Waals surface area contributed by atoms with Crippen molar-refractivity contribution < 1.29 is 4.57 Å². The third-order valence-electron chi connectivity index (χ3n) is 5.76. The predicted molar refractivity (Wildman–Crippen MR) is 124 cm³/mol. The first-order valence-corrected chi connectivity index (χ1v) is 10.7. The van der Waals surface area contributed by atoms with Crippen LogP contribution in [0.5, 0.6) is 0 Å². The highest BCUT2D eigenvalue weighted by molar-refractivity contribution is 14.1. The summed E-state index contributed by atoms with van der Waals surface area (Å²) in [6.07, 6.45) is 0. The molecule has 0 bridgehead atoms. The first kappa shape index (κ1) is 17.6. The average molecular weight is 474 g/mol. The van der Waals surface area contributed by atoms with E-state index in [2.05, 4.69) is 132 Å². The van der Waals surface area contributed by atoms with Crippen LogP contribution in [-0.4, -0.2) is 0 Å². The molecule has 4 aromatic rings. The molecule has 0 amide bonds. The molecule has 2 heterocycles. The molecular weight excluding hydrogens is 453 g/mol. The lowest BCUT2D eigenvalue weighted by molar-refractivity contribution is -0.588. The van der Waals surface area contributed by atoms with Crippen LogP contribution < -0.4 is 4.57 Å². The molecule has 28 heavy (non-hydrogen) atoms. The molecule has 0 saturated carbocycles. The van der Waals surface area contributed by atoms with Crippen molar-refractivity contribution in [1.82, 2.24) is 0 Å². The molecule has 1 aromatic heterocycles. The van der Waals surface area contributed by atoms with E-state index in [0.29, 0.717) is 0 Å². The van der Waals surface area contributed by atoms with Crippen LogP contribution >= 0.6 is 22.6 Å². The second kappa shape index (κ2) is 6.56. The molecular formula is C26H21IN+. The summed E-state index contributed by atoms with van der Waals surface area (Å²) >= 11 is 2.42. The molecule has 136 valence electrons. The van der Waals surface area contributed by atoms with Gasteiger partial charge in [-0.25, -0.2) is 0 Å². The Morgan fingerprint density at radius 3 is 2.00 bits per heavy atom. The average Bonchev–Trinajstić information content (AvgIpc) is 2.95. The van der Waals surface area contributed by atoms with Gasteiger partial charge in [0.1, 0.15) is 0 Å². The van der Waals surface area contributed by atoms with Crippen LogP contribution in [0.3, 0.4) is 0 Å². The SMILES string of the molecule is CC1(C)c2cc(I)ccc2-[n+]2c(-c3ccccc3)cc(-c3ccccc3)cc21. The van der Waals surface area contributed by atoms with Gasteiger partial charge in [0.05, 0.1) is 5.41 Å². The maximum atomic E-state index is 2.45. The smallest absolute Gasteiger partial charge is 0.156 e. The molecule has 0 atom stereocenters. The number of halogens is 1. The Labute approximate surface area is 179 Å². The Morgan fingerprint density at radius 1 is 0.679 bits per heavy atom. The number of hydrogen-bond donors (Lipinski definition) is 0. The van der Waals surface area contributed by atoms with E-state index in [4.69, 9.17) is 0 Å². The van der Waals surface area contributed by atoms with Crippen LogP contribution in [0, 0.1) is 3.57 Å². The minimum Gasteiger partial charge on any atom is -0.156 e. The number of hydrogen-bond acceptors (Lipinski definition) is 0. The summed E-state index contributed by atoms with van der Waals surface area (Å²) in [6, 6.07) is 32.9. The fourth-order valence-electron chi connectivity index (χ4n) is 4.28. The molecule has 1 aliphatic heterocycles. The third kappa shape index (κ3) is 2.70. The zero-order chi connectivity index (χ0) is 19.3. The van der Waals surface area contributed by atoms with Gasteiger partial charge in [-0.05, 0) is 71.8 Å². The largest absolute Gasteiger partial charge is 0.219 e. The van der Waals surface area contributed by atoms with Gasteiger partial charge in [0.2, 0.25) is 11.4 Å². The minimum absolute atomic E-state index is 0.0508. The Hall–Kier alpha value is -2.46. The van der Waals surface area contributed by atoms with E-state index in [1.165, 1.54) is 42.9 Å². The van der Waals surface area contributed by atoms with E-state index in [1.807, 2.05) is 0 Å². The zero-order valence-electron chi connectivity index (χ0n) is 16.0. The first-order valence-electron chi connectivity index (χ1n) is 9.57. The van der Waals surface area contributed by atoms with Crippen LogP contribution in [0.2, 0.25) is 0 Å². The van der Waals surface area contributed by atoms with E-state index in [1.54, 1.807) is 0 Å². The van der Waals surface area contributed by atoms with Gasteiger partial charge in [-0.15, -0.1) is 0 Å². The van der Waals surface area contributed by atoms with E-state index < -0.39 is 0 Å². The summed E-state index contributed by atoms with van der Waals surface area (Å²) in [5.74, 6) is 0. The molecule has 0 aliphatic carbocycles. The van der Waals surface area contributed by atoms with Gasteiger partial charge in [0.15, 0.2) is 5.69 Å². The summed E-state index contributed by atoms with van der Waals surface area (Å²) in [5, 5.41) is 0. The second-order valence-corrected chi connectivity index (χ2v) is 9.11. The number of fused-ring (bicyclic) bond motifs is 3. The standard InChI is InChI=1S/C26H21IN/c1-26(2)22-17-21(27)13-14-23(22)28-24(19-11-7-4-8-12-19)15-20(16-25(26)28)18-9-5-3-6-10-18/h3-17H,1-2H3/q+1. The molecule has 5 rings (SSSR count). The number of aromatic nitrogens is 1. The molecule has 0 spiro atoms. The topological polar surface area (TPSA) is 3.88 Å². The quantitative estimate of drug-likeness (QED) is 0.230. The fraction of sp³-hybridized carbons (Fsp3) is 0.115. The monoisotopic (exact) mass is 474 g/mol. The van der Waals surface area contributed by atoms with Crippen molar-refractivity contribution in [3.8, 4) is 28.1 Å². The van der Waals surface area contributed by atoms with Crippen molar-refractivity contribution in [2.45, 2.75) is 19.3 Å². The molecule has 0 radical (unpaired) electrons. The Bertz CT molecular complexity index is 1180. The number of nitrogens with zero attached hydrogens (tertiary/aromatic N) is 1. The molecule has 0 saturated heterocycles. The molecule has 0 N–H and O–H groups in total. The van der Waals surface area contributed by atoms with Crippen LogP contribution in [0.4, 0.5) is 0 Å². The van der Waals surface area contributed by atoms with Gasteiger partial charge in [-0.2, -0.15) is 4.57 Å². The van der Waals surface area contributed by atoms with Crippen LogP contribution in [0.1, 0.15) is 25.1 Å². The van der Waals surface area contributed by atoms with Gasteiger partial charge in [0.25, 0.3) is 0 Å². The Balaban J connectivity index is 1.87. The Kier molecular flexibility index (Phi) is 4.13.